The van der Waals surface area contributed by atoms with Gasteiger partial charge in [0.15, 0.2) is 0 Å². The quantitative estimate of drug-likeness (QED) is 0.820. The summed E-state index contributed by atoms with van der Waals surface area (Å²) in [4.78, 5) is 12.1. The molecule has 0 unspecified atom stereocenters. The van der Waals surface area contributed by atoms with Crippen LogP contribution in [0.5, 0.6) is 0 Å². The Balaban J connectivity index is 1.56. The van der Waals surface area contributed by atoms with Crippen molar-refractivity contribution in [3.63, 3.8) is 0 Å². The Morgan fingerprint density at radius 3 is 2.41 bits per heavy atom. The third-order valence-corrected chi connectivity index (χ3v) is 4.41. The number of anilines is 2. The summed E-state index contributed by atoms with van der Waals surface area (Å²) in [5.41, 5.74) is 9.57. The molecule has 2 aromatic rings. The molecule has 0 aliphatic heterocycles. The lowest BCUT2D eigenvalue weighted by atomic mass is 10.1. The first-order valence-corrected chi connectivity index (χ1v) is 7.90. The normalized spacial score (nSPS) is 19.7. The van der Waals surface area contributed by atoms with E-state index in [2.05, 4.69) is 24.4 Å². The van der Waals surface area contributed by atoms with E-state index in [4.69, 9.17) is 5.73 Å². The van der Waals surface area contributed by atoms with Crippen molar-refractivity contribution in [3.8, 4) is 0 Å². The second-order valence-electron chi connectivity index (χ2n) is 6.10. The number of rotatable bonds is 5. The Hall–Kier alpha value is -2.29. The van der Waals surface area contributed by atoms with E-state index in [1.54, 1.807) is 0 Å². The van der Waals surface area contributed by atoms with Gasteiger partial charge in [-0.3, -0.25) is 4.79 Å². The molecule has 0 bridgehead atoms. The average Bonchev–Trinajstić information content (AvgIpc) is 3.30. The Morgan fingerprint density at radius 1 is 1.14 bits per heavy atom. The van der Waals surface area contributed by atoms with E-state index in [1.165, 1.54) is 18.4 Å². The molecule has 3 N–H and O–H groups in total. The highest BCUT2D eigenvalue weighted by molar-refractivity contribution is 5.92. The van der Waals surface area contributed by atoms with Crippen molar-refractivity contribution in [1.29, 1.82) is 0 Å². The Labute approximate surface area is 131 Å². The summed E-state index contributed by atoms with van der Waals surface area (Å²) in [6, 6.07) is 15.7. The first-order chi connectivity index (χ1) is 10.7. The fraction of sp³-hybridized carbons (Fsp3) is 0.316. The van der Waals surface area contributed by atoms with Crippen molar-refractivity contribution < 1.29 is 4.79 Å². The topological polar surface area (TPSA) is 55.1 Å². The van der Waals surface area contributed by atoms with E-state index in [1.807, 2.05) is 36.4 Å². The van der Waals surface area contributed by atoms with Gasteiger partial charge in [-0.05, 0) is 53.6 Å². The summed E-state index contributed by atoms with van der Waals surface area (Å²) in [5, 5.41) is 2.95. The van der Waals surface area contributed by atoms with Crippen LogP contribution in [0.15, 0.2) is 48.5 Å². The van der Waals surface area contributed by atoms with Gasteiger partial charge >= 0.3 is 0 Å². The molecule has 3 rings (SSSR count). The molecule has 0 aromatic heterocycles. The first kappa shape index (κ1) is 14.6. The highest BCUT2D eigenvalue weighted by Crippen LogP contribution is 2.49. The van der Waals surface area contributed by atoms with Crippen LogP contribution in [-0.2, 0) is 11.2 Å². The van der Waals surface area contributed by atoms with E-state index in [0.717, 1.165) is 23.1 Å². The van der Waals surface area contributed by atoms with Crippen LogP contribution in [0.4, 0.5) is 11.4 Å². The molecule has 1 fully saturated rings. The molecule has 3 heteroatoms. The molecule has 1 amide bonds. The molecule has 22 heavy (non-hydrogen) atoms. The third kappa shape index (κ3) is 3.48. The lowest BCUT2D eigenvalue weighted by Gasteiger charge is -2.07. The van der Waals surface area contributed by atoms with Gasteiger partial charge in [-0.25, -0.2) is 0 Å². The molecule has 0 spiro atoms. The number of carbonyl (C=O) groups is 1. The van der Waals surface area contributed by atoms with Crippen molar-refractivity contribution in [3.05, 3.63) is 59.7 Å². The predicted octanol–water partition coefficient (Wildman–Crippen LogP) is 3.96. The zero-order valence-corrected chi connectivity index (χ0v) is 12.9. The molecule has 0 radical (unpaired) electrons. The van der Waals surface area contributed by atoms with Gasteiger partial charge in [0.05, 0.1) is 6.42 Å². The number of hydrogen-bond donors (Lipinski definition) is 2. The second-order valence-corrected chi connectivity index (χ2v) is 6.10. The molecule has 1 aliphatic carbocycles. The van der Waals surface area contributed by atoms with Crippen LogP contribution in [0.25, 0.3) is 0 Å². The average molecular weight is 294 g/mol. The SMILES string of the molecule is CC[C@H]1C[C@H]1c1ccc(NC(=O)Cc2ccc(N)cc2)cc1. The Morgan fingerprint density at radius 2 is 1.82 bits per heavy atom. The van der Waals surface area contributed by atoms with Crippen molar-refractivity contribution in [2.75, 3.05) is 11.1 Å². The van der Waals surface area contributed by atoms with Gasteiger partial charge in [0, 0.05) is 11.4 Å². The maximum Gasteiger partial charge on any atom is 0.228 e. The lowest BCUT2D eigenvalue weighted by Crippen LogP contribution is -2.14. The zero-order chi connectivity index (χ0) is 15.5. The highest BCUT2D eigenvalue weighted by atomic mass is 16.1. The maximum absolute atomic E-state index is 12.1. The number of carbonyl (C=O) groups excluding carboxylic acids is 1. The summed E-state index contributed by atoms with van der Waals surface area (Å²) >= 11 is 0. The van der Waals surface area contributed by atoms with Gasteiger partial charge in [0.1, 0.15) is 0 Å². The number of nitrogens with one attached hydrogen (secondary N) is 1. The minimum atomic E-state index is -0.00428. The molecule has 0 saturated heterocycles. The van der Waals surface area contributed by atoms with E-state index >= 15 is 0 Å². The number of nitrogen functional groups attached to an aromatic ring is 1. The third-order valence-electron chi connectivity index (χ3n) is 4.41. The van der Waals surface area contributed by atoms with Crippen LogP contribution >= 0.6 is 0 Å². The van der Waals surface area contributed by atoms with Crippen LogP contribution in [0.3, 0.4) is 0 Å². The molecule has 2 aromatic carbocycles. The van der Waals surface area contributed by atoms with Gasteiger partial charge in [-0.2, -0.15) is 0 Å². The van der Waals surface area contributed by atoms with Gasteiger partial charge in [0.2, 0.25) is 5.91 Å². The first-order valence-electron chi connectivity index (χ1n) is 7.90. The van der Waals surface area contributed by atoms with Gasteiger partial charge in [-0.15, -0.1) is 0 Å². The van der Waals surface area contributed by atoms with E-state index in [-0.39, 0.29) is 5.91 Å². The van der Waals surface area contributed by atoms with Gasteiger partial charge < -0.3 is 11.1 Å². The summed E-state index contributed by atoms with van der Waals surface area (Å²) < 4.78 is 0. The van der Waals surface area contributed by atoms with Crippen LogP contribution in [0.1, 0.15) is 36.8 Å². The maximum atomic E-state index is 12.1. The molecule has 3 nitrogen and oxygen atoms in total. The minimum absolute atomic E-state index is 0.00428. The molecule has 0 heterocycles. The standard InChI is InChI=1S/C19H22N2O/c1-2-14-12-18(14)15-5-9-17(10-6-15)21-19(22)11-13-3-7-16(20)8-4-13/h3-10,14,18H,2,11-12,20H2,1H3,(H,21,22)/t14-,18+/m0/s1. The van der Waals surface area contributed by atoms with E-state index in [9.17, 15) is 4.79 Å². The second kappa shape index (κ2) is 6.22. The van der Waals surface area contributed by atoms with Crippen molar-refractivity contribution >= 4 is 17.3 Å². The molecule has 2 atom stereocenters. The smallest absolute Gasteiger partial charge is 0.228 e. The van der Waals surface area contributed by atoms with Crippen molar-refractivity contribution in [2.45, 2.75) is 32.1 Å². The van der Waals surface area contributed by atoms with Gasteiger partial charge in [-0.1, -0.05) is 37.6 Å². The fourth-order valence-corrected chi connectivity index (χ4v) is 2.95. The fourth-order valence-electron chi connectivity index (χ4n) is 2.95. The highest BCUT2D eigenvalue weighted by Gasteiger charge is 2.36. The van der Waals surface area contributed by atoms with Crippen LogP contribution < -0.4 is 11.1 Å². The van der Waals surface area contributed by atoms with Crippen molar-refractivity contribution in [2.24, 2.45) is 5.92 Å². The van der Waals surface area contributed by atoms with Crippen molar-refractivity contribution in [1.82, 2.24) is 0 Å². The Kier molecular flexibility index (Phi) is 4.14. The lowest BCUT2D eigenvalue weighted by molar-refractivity contribution is -0.115. The van der Waals surface area contributed by atoms with Crippen LogP contribution in [0.2, 0.25) is 0 Å². The van der Waals surface area contributed by atoms with Crippen LogP contribution in [0, 0.1) is 5.92 Å². The summed E-state index contributed by atoms with van der Waals surface area (Å²) in [6.07, 6.45) is 2.92. The zero-order valence-electron chi connectivity index (χ0n) is 12.9. The Bertz CT molecular complexity index is 646. The van der Waals surface area contributed by atoms with Crippen LogP contribution in [-0.4, -0.2) is 5.91 Å². The number of hydrogen-bond acceptors (Lipinski definition) is 2. The molecule has 114 valence electrons. The largest absolute Gasteiger partial charge is 0.399 e. The number of amides is 1. The number of nitrogens with two attached hydrogens (primary N) is 1. The summed E-state index contributed by atoms with van der Waals surface area (Å²) in [7, 11) is 0. The predicted molar refractivity (Wildman–Crippen MR) is 90.8 cm³/mol. The molecule has 1 aliphatic rings. The molecule has 1 saturated carbocycles. The summed E-state index contributed by atoms with van der Waals surface area (Å²) in [5.74, 6) is 1.57. The monoisotopic (exact) mass is 294 g/mol. The van der Waals surface area contributed by atoms with E-state index < -0.39 is 0 Å². The molecular weight excluding hydrogens is 272 g/mol. The van der Waals surface area contributed by atoms with E-state index in [0.29, 0.717) is 12.1 Å². The van der Waals surface area contributed by atoms with Gasteiger partial charge in [0.25, 0.3) is 0 Å². The summed E-state index contributed by atoms with van der Waals surface area (Å²) in [6.45, 7) is 2.25. The molecular formula is C19H22N2O. The number of benzene rings is 2. The minimum Gasteiger partial charge on any atom is -0.399 e.